The van der Waals surface area contributed by atoms with E-state index in [1.54, 1.807) is 0 Å². The van der Waals surface area contributed by atoms with Crippen LogP contribution in [0.1, 0.15) is 63.5 Å². The van der Waals surface area contributed by atoms with Gasteiger partial charge in [-0.3, -0.25) is 0 Å². The summed E-state index contributed by atoms with van der Waals surface area (Å²) in [5.74, 6) is 0. The molecule has 1 unspecified atom stereocenters. The summed E-state index contributed by atoms with van der Waals surface area (Å²) in [6.07, 6.45) is 11.1. The van der Waals surface area contributed by atoms with E-state index in [0.717, 1.165) is 35.0 Å². The summed E-state index contributed by atoms with van der Waals surface area (Å²) in [5.41, 5.74) is 2.59. The molecule has 1 nitrogen and oxygen atoms in total. The monoisotopic (exact) mass is 325 g/mol. The van der Waals surface area contributed by atoms with Gasteiger partial charge in [0.1, 0.15) is 0 Å². The van der Waals surface area contributed by atoms with Gasteiger partial charge in [-0.2, -0.15) is 0 Å². The van der Waals surface area contributed by atoms with Crippen molar-refractivity contribution < 1.29 is 0 Å². The number of rotatable bonds is 5. The molecule has 1 N–H and O–H groups in total. The molecule has 0 fully saturated rings. The Labute approximate surface area is 138 Å². The van der Waals surface area contributed by atoms with E-state index in [1.165, 1.54) is 37.7 Å². The highest BCUT2D eigenvalue weighted by atomic mass is 35.5. The van der Waals surface area contributed by atoms with Gasteiger partial charge in [-0.1, -0.05) is 54.6 Å². The first-order chi connectivity index (χ1) is 10.2. The molecule has 1 aliphatic carbocycles. The first kappa shape index (κ1) is 16.9. The van der Waals surface area contributed by atoms with Crippen LogP contribution in [0.3, 0.4) is 0 Å². The molecule has 1 aromatic carbocycles. The molecule has 0 spiro atoms. The predicted octanol–water partition coefficient (Wildman–Crippen LogP) is 6.31. The Balaban J connectivity index is 2.29. The van der Waals surface area contributed by atoms with Crippen molar-refractivity contribution in [2.75, 3.05) is 6.54 Å². The molecule has 3 heteroatoms. The molecule has 0 radical (unpaired) electrons. The lowest BCUT2D eigenvalue weighted by molar-refractivity contribution is 0.541. The molecule has 1 aliphatic rings. The summed E-state index contributed by atoms with van der Waals surface area (Å²) in [7, 11) is 0. The third-order valence-electron chi connectivity index (χ3n) is 4.06. The second kappa shape index (κ2) is 8.82. The maximum absolute atomic E-state index is 6.44. The van der Waals surface area contributed by atoms with Crippen molar-refractivity contribution in [1.82, 2.24) is 5.32 Å². The Hall–Kier alpha value is -0.500. The molecule has 0 bridgehead atoms. The van der Waals surface area contributed by atoms with Crippen LogP contribution in [0, 0.1) is 0 Å². The third kappa shape index (κ3) is 5.02. The topological polar surface area (TPSA) is 12.0 Å². The lowest BCUT2D eigenvalue weighted by Crippen LogP contribution is -2.24. The van der Waals surface area contributed by atoms with Crippen LogP contribution in [0.4, 0.5) is 0 Å². The zero-order chi connectivity index (χ0) is 15.1. The summed E-state index contributed by atoms with van der Waals surface area (Å²) < 4.78 is 0. The van der Waals surface area contributed by atoms with Gasteiger partial charge in [-0.05, 0) is 62.4 Å². The number of hydrogen-bond donors (Lipinski definition) is 1. The Morgan fingerprint density at radius 1 is 1.14 bits per heavy atom. The average molecular weight is 326 g/mol. The van der Waals surface area contributed by atoms with Gasteiger partial charge in [-0.25, -0.2) is 0 Å². The Kier molecular flexibility index (Phi) is 7.09. The lowest BCUT2D eigenvalue weighted by Gasteiger charge is -2.25. The largest absolute Gasteiger partial charge is 0.306 e. The van der Waals surface area contributed by atoms with E-state index in [9.17, 15) is 0 Å². The van der Waals surface area contributed by atoms with E-state index in [4.69, 9.17) is 23.2 Å². The molecule has 1 atom stereocenters. The Bertz CT molecular complexity index is 482. The molecule has 0 saturated carbocycles. The summed E-state index contributed by atoms with van der Waals surface area (Å²) in [4.78, 5) is 0. The van der Waals surface area contributed by atoms with Gasteiger partial charge in [0.2, 0.25) is 0 Å². The van der Waals surface area contributed by atoms with Crippen LogP contribution in [-0.2, 0) is 0 Å². The summed E-state index contributed by atoms with van der Waals surface area (Å²) >= 11 is 12.6. The summed E-state index contributed by atoms with van der Waals surface area (Å²) in [6.45, 7) is 3.18. The van der Waals surface area contributed by atoms with Gasteiger partial charge in [0.15, 0.2) is 0 Å². The predicted molar refractivity (Wildman–Crippen MR) is 93.3 cm³/mol. The van der Waals surface area contributed by atoms with Crippen LogP contribution in [0.25, 0.3) is 0 Å². The fourth-order valence-corrected chi connectivity index (χ4v) is 3.35. The molecular formula is C18H25Cl2N. The van der Waals surface area contributed by atoms with E-state index in [0.29, 0.717) is 0 Å². The van der Waals surface area contributed by atoms with Crippen LogP contribution >= 0.6 is 23.2 Å². The molecule has 116 valence electrons. The lowest BCUT2D eigenvalue weighted by atomic mass is 9.90. The first-order valence-electron chi connectivity index (χ1n) is 8.09. The van der Waals surface area contributed by atoms with Gasteiger partial charge in [0, 0.05) is 10.0 Å². The van der Waals surface area contributed by atoms with Crippen molar-refractivity contribution in [3.63, 3.8) is 0 Å². The van der Waals surface area contributed by atoms with Crippen molar-refractivity contribution in [2.24, 2.45) is 0 Å². The van der Waals surface area contributed by atoms with Crippen LogP contribution in [0.15, 0.2) is 29.8 Å². The molecule has 0 heterocycles. The van der Waals surface area contributed by atoms with E-state index < -0.39 is 0 Å². The third-order valence-corrected chi connectivity index (χ3v) is 4.64. The van der Waals surface area contributed by atoms with Gasteiger partial charge >= 0.3 is 0 Å². The van der Waals surface area contributed by atoms with Crippen molar-refractivity contribution in [2.45, 2.75) is 57.9 Å². The minimum absolute atomic E-state index is 0.203. The Morgan fingerprint density at radius 3 is 2.76 bits per heavy atom. The molecule has 0 aliphatic heterocycles. The number of allylic oxidation sites excluding steroid dienone is 1. The first-order valence-corrected chi connectivity index (χ1v) is 8.85. The highest BCUT2D eigenvalue weighted by Crippen LogP contribution is 2.34. The zero-order valence-electron chi connectivity index (χ0n) is 12.8. The molecular weight excluding hydrogens is 301 g/mol. The smallest absolute Gasteiger partial charge is 0.0551 e. The fourth-order valence-electron chi connectivity index (χ4n) is 2.94. The van der Waals surface area contributed by atoms with E-state index in [2.05, 4.69) is 18.3 Å². The molecule has 2 rings (SSSR count). The summed E-state index contributed by atoms with van der Waals surface area (Å²) in [5, 5.41) is 5.22. The highest BCUT2D eigenvalue weighted by molar-refractivity contribution is 6.33. The van der Waals surface area contributed by atoms with Crippen LogP contribution in [0.2, 0.25) is 10.0 Å². The second-order valence-electron chi connectivity index (χ2n) is 5.78. The normalized spacial score (nSPS) is 20.2. The molecule has 1 aromatic rings. The van der Waals surface area contributed by atoms with Crippen molar-refractivity contribution in [3.05, 3.63) is 45.5 Å². The van der Waals surface area contributed by atoms with Crippen molar-refractivity contribution in [1.29, 1.82) is 0 Å². The maximum atomic E-state index is 6.44. The highest BCUT2D eigenvalue weighted by Gasteiger charge is 2.19. The molecule has 0 amide bonds. The number of benzene rings is 1. The Morgan fingerprint density at radius 2 is 1.95 bits per heavy atom. The van der Waals surface area contributed by atoms with Gasteiger partial charge in [0.05, 0.1) is 6.04 Å². The van der Waals surface area contributed by atoms with Crippen LogP contribution in [-0.4, -0.2) is 6.54 Å². The van der Waals surface area contributed by atoms with Gasteiger partial charge < -0.3 is 5.32 Å². The van der Waals surface area contributed by atoms with Crippen LogP contribution < -0.4 is 5.32 Å². The number of halogens is 2. The van der Waals surface area contributed by atoms with Gasteiger partial charge in [0.25, 0.3) is 0 Å². The number of hydrogen-bond acceptors (Lipinski definition) is 1. The van der Waals surface area contributed by atoms with Crippen LogP contribution in [0.5, 0.6) is 0 Å². The summed E-state index contributed by atoms with van der Waals surface area (Å²) in [6, 6.07) is 5.98. The number of nitrogens with one attached hydrogen (secondary N) is 1. The van der Waals surface area contributed by atoms with Crippen molar-refractivity contribution in [3.8, 4) is 0 Å². The average Bonchev–Trinajstić information content (AvgIpc) is 2.44. The molecule has 21 heavy (non-hydrogen) atoms. The minimum Gasteiger partial charge on any atom is -0.306 e. The van der Waals surface area contributed by atoms with Crippen molar-refractivity contribution >= 4 is 23.2 Å². The molecule has 0 aromatic heterocycles. The standard InChI is InChI=1S/C18H25Cl2N/c1-2-12-21-18(14-8-6-4-3-5-7-9-14)16-13-15(19)10-11-17(16)20/h8,10-11,13,18,21H,2-7,9,12H2,1H3/b14-8+. The van der Waals surface area contributed by atoms with E-state index >= 15 is 0 Å². The molecule has 0 saturated heterocycles. The van der Waals surface area contributed by atoms with E-state index in [-0.39, 0.29) is 6.04 Å². The second-order valence-corrected chi connectivity index (χ2v) is 6.63. The maximum Gasteiger partial charge on any atom is 0.0551 e. The van der Waals surface area contributed by atoms with E-state index in [1.807, 2.05) is 18.2 Å². The quantitative estimate of drug-likeness (QED) is 0.625. The minimum atomic E-state index is 0.203. The zero-order valence-corrected chi connectivity index (χ0v) is 14.3. The van der Waals surface area contributed by atoms with Gasteiger partial charge in [-0.15, -0.1) is 0 Å². The fraction of sp³-hybridized carbons (Fsp3) is 0.556. The SMILES string of the molecule is CCCNC(/C1=C/CCCCCC1)c1cc(Cl)ccc1Cl.